The maximum absolute atomic E-state index is 13.7. The van der Waals surface area contributed by atoms with Crippen LogP contribution < -0.4 is 10.0 Å². The Labute approximate surface area is 211 Å². The normalized spacial score (nSPS) is 32.8. The van der Waals surface area contributed by atoms with Crippen LogP contribution >= 0.6 is 23.5 Å². The first-order valence-electron chi connectivity index (χ1n) is 12.2. The first kappa shape index (κ1) is 23.7. The van der Waals surface area contributed by atoms with E-state index in [1.165, 1.54) is 18.0 Å². The van der Waals surface area contributed by atoms with Gasteiger partial charge < -0.3 is 20.1 Å². The number of nitrogens with one attached hydrogen (secondary N) is 2. The molecule has 3 fully saturated rings. The summed E-state index contributed by atoms with van der Waals surface area (Å²) in [7, 11) is 0. The molecule has 0 bridgehead atoms. The number of carbonyl (C=O) groups excluding carboxylic acids is 1. The molecule has 1 aromatic heterocycles. The van der Waals surface area contributed by atoms with Crippen molar-refractivity contribution in [1.82, 2.24) is 9.29 Å². The Bertz CT molecular complexity index is 1200. The molecule has 2 heterocycles. The number of benzene rings is 1. The molecule has 4 aliphatic rings. The van der Waals surface area contributed by atoms with E-state index in [0.29, 0.717) is 35.5 Å². The standard InChI is InChI=1S/C25H28ClF2N3O3S/c26-19-21(23(33)29-13-5-6-16(27)17(28)10-13)31-9-3-1-2-4-18(31)22(19)35-30-20-14-7-8-25(14)15(20)11-24(25,34)12-32/h5-6,10,14-15,20,30,32,34H,1-4,7-9,11-12H2,(H,29,33). The molecule has 5 atom stereocenters. The van der Waals surface area contributed by atoms with Crippen LogP contribution in [0.5, 0.6) is 0 Å². The Morgan fingerprint density at radius 1 is 1.23 bits per heavy atom. The highest BCUT2D eigenvalue weighted by Gasteiger charge is 2.81. The van der Waals surface area contributed by atoms with Gasteiger partial charge in [-0.15, -0.1) is 0 Å². The molecule has 6 nitrogen and oxygen atoms in total. The number of anilines is 1. The third-order valence-corrected chi connectivity index (χ3v) is 10.5. The molecule has 1 aromatic carbocycles. The molecular formula is C25H28ClF2N3O3S. The number of aromatic nitrogens is 1. The lowest BCUT2D eigenvalue weighted by molar-refractivity contribution is -0.365. The number of hydrogen-bond donors (Lipinski definition) is 4. The van der Waals surface area contributed by atoms with Gasteiger partial charge in [-0.05, 0) is 74.4 Å². The minimum Gasteiger partial charge on any atom is -0.393 e. The molecule has 1 aliphatic heterocycles. The van der Waals surface area contributed by atoms with Crippen molar-refractivity contribution in [2.75, 3.05) is 11.9 Å². The number of hydrogen-bond acceptors (Lipinski definition) is 5. The van der Waals surface area contributed by atoms with Crippen molar-refractivity contribution in [1.29, 1.82) is 0 Å². The van der Waals surface area contributed by atoms with Crippen LogP contribution in [0.25, 0.3) is 0 Å². The largest absolute Gasteiger partial charge is 0.393 e. The summed E-state index contributed by atoms with van der Waals surface area (Å²) in [4.78, 5) is 14.1. The summed E-state index contributed by atoms with van der Waals surface area (Å²) in [5.41, 5.74) is 0.428. The second kappa shape index (κ2) is 8.45. The molecule has 6 rings (SSSR count). The fourth-order valence-corrected chi connectivity index (χ4v) is 8.67. The Kier molecular flexibility index (Phi) is 5.73. The first-order chi connectivity index (χ1) is 16.8. The molecule has 188 valence electrons. The average Bonchev–Trinajstić information content (AvgIpc) is 2.92. The van der Waals surface area contributed by atoms with Crippen molar-refractivity contribution in [2.24, 2.45) is 17.3 Å². The second-order valence-corrected chi connectivity index (χ2v) is 11.6. The second-order valence-electron chi connectivity index (χ2n) is 10.4. The Hall–Kier alpha value is -1.65. The molecule has 4 N–H and O–H groups in total. The van der Waals surface area contributed by atoms with Crippen LogP contribution in [-0.2, 0) is 13.0 Å². The fourth-order valence-electron chi connectivity index (χ4n) is 7.16. The van der Waals surface area contributed by atoms with E-state index >= 15 is 0 Å². The first-order valence-corrected chi connectivity index (χ1v) is 13.4. The number of carbonyl (C=O) groups is 1. The van der Waals surface area contributed by atoms with E-state index < -0.39 is 23.1 Å². The SMILES string of the molecule is O=C(Nc1ccc(F)c(F)c1)c1c(Cl)c(SNC2C3CCC34C2CC4(O)CO)c2n1CCCCC2. The molecule has 10 heteroatoms. The number of rotatable bonds is 6. The van der Waals surface area contributed by atoms with Gasteiger partial charge in [0.1, 0.15) is 5.69 Å². The molecular weight excluding hydrogens is 496 g/mol. The summed E-state index contributed by atoms with van der Waals surface area (Å²) in [5, 5.41) is 23.5. The number of nitrogens with zero attached hydrogens (tertiary/aromatic N) is 1. The van der Waals surface area contributed by atoms with Gasteiger partial charge in [0.2, 0.25) is 0 Å². The van der Waals surface area contributed by atoms with Gasteiger partial charge in [0.05, 0.1) is 22.1 Å². The summed E-state index contributed by atoms with van der Waals surface area (Å²) < 4.78 is 32.5. The maximum Gasteiger partial charge on any atom is 0.273 e. The molecule has 3 aliphatic carbocycles. The zero-order valence-electron chi connectivity index (χ0n) is 19.1. The van der Waals surface area contributed by atoms with Crippen LogP contribution in [0.1, 0.15) is 54.7 Å². The molecule has 0 saturated heterocycles. The fraction of sp³-hybridized carbons (Fsp3) is 0.560. The van der Waals surface area contributed by atoms with Crippen LogP contribution in [0.2, 0.25) is 5.02 Å². The van der Waals surface area contributed by atoms with Crippen molar-refractivity contribution in [2.45, 2.75) is 68.0 Å². The molecule has 3 saturated carbocycles. The van der Waals surface area contributed by atoms with E-state index in [1.54, 1.807) is 0 Å². The van der Waals surface area contributed by atoms with Gasteiger partial charge in [-0.25, -0.2) is 8.78 Å². The van der Waals surface area contributed by atoms with Crippen molar-refractivity contribution < 1.29 is 23.8 Å². The van der Waals surface area contributed by atoms with E-state index in [1.807, 2.05) is 4.57 Å². The molecule has 2 aromatic rings. The van der Waals surface area contributed by atoms with Crippen LogP contribution in [0.4, 0.5) is 14.5 Å². The Balaban J connectivity index is 1.24. The van der Waals surface area contributed by atoms with E-state index in [9.17, 15) is 23.8 Å². The lowest BCUT2D eigenvalue weighted by Crippen LogP contribution is -2.86. The highest BCUT2D eigenvalue weighted by molar-refractivity contribution is 7.97. The van der Waals surface area contributed by atoms with Crippen molar-refractivity contribution in [3.63, 3.8) is 0 Å². The summed E-state index contributed by atoms with van der Waals surface area (Å²) >= 11 is 8.26. The lowest BCUT2D eigenvalue weighted by atomic mass is 9.26. The van der Waals surface area contributed by atoms with Gasteiger partial charge in [-0.2, -0.15) is 0 Å². The Morgan fingerprint density at radius 3 is 2.74 bits per heavy atom. The minimum absolute atomic E-state index is 0.142. The van der Waals surface area contributed by atoms with E-state index in [-0.39, 0.29) is 23.8 Å². The smallest absolute Gasteiger partial charge is 0.273 e. The van der Waals surface area contributed by atoms with Crippen LogP contribution in [0.3, 0.4) is 0 Å². The molecule has 0 radical (unpaired) electrons. The number of amides is 1. The summed E-state index contributed by atoms with van der Waals surface area (Å²) in [6.45, 7) is 0.479. The van der Waals surface area contributed by atoms with Gasteiger partial charge in [-0.3, -0.25) is 9.52 Å². The Morgan fingerprint density at radius 2 is 2.06 bits per heavy atom. The predicted molar refractivity (Wildman–Crippen MR) is 129 cm³/mol. The third-order valence-electron chi connectivity index (χ3n) is 8.99. The number of aliphatic hydroxyl groups excluding tert-OH is 1. The summed E-state index contributed by atoms with van der Waals surface area (Å²) in [6, 6.07) is 3.49. The quantitative estimate of drug-likeness (QED) is 0.418. The van der Waals surface area contributed by atoms with Crippen molar-refractivity contribution in [3.8, 4) is 0 Å². The molecule has 5 unspecified atom stereocenters. The maximum atomic E-state index is 13.7. The highest BCUT2D eigenvalue weighted by Crippen LogP contribution is 2.78. The topological polar surface area (TPSA) is 86.5 Å². The average molecular weight is 524 g/mol. The summed E-state index contributed by atoms with van der Waals surface area (Å²) in [5.74, 6) is -1.79. The summed E-state index contributed by atoms with van der Waals surface area (Å²) in [6.07, 6.45) is 6.36. The number of aliphatic hydroxyl groups is 2. The van der Waals surface area contributed by atoms with Gasteiger partial charge in [0.15, 0.2) is 11.6 Å². The van der Waals surface area contributed by atoms with Crippen LogP contribution in [-0.4, -0.2) is 38.9 Å². The van der Waals surface area contributed by atoms with Gasteiger partial charge in [0.25, 0.3) is 5.91 Å². The van der Waals surface area contributed by atoms with E-state index in [4.69, 9.17) is 11.6 Å². The minimum atomic E-state index is -1.03. The number of fused-ring (bicyclic) bond motifs is 1. The molecule has 35 heavy (non-hydrogen) atoms. The van der Waals surface area contributed by atoms with Gasteiger partial charge >= 0.3 is 0 Å². The predicted octanol–water partition coefficient (Wildman–Crippen LogP) is 4.52. The van der Waals surface area contributed by atoms with Crippen LogP contribution in [0.15, 0.2) is 23.1 Å². The van der Waals surface area contributed by atoms with E-state index in [2.05, 4.69) is 10.0 Å². The van der Waals surface area contributed by atoms with E-state index in [0.717, 1.165) is 61.2 Å². The van der Waals surface area contributed by atoms with Gasteiger partial charge in [0, 0.05) is 35.4 Å². The lowest BCUT2D eigenvalue weighted by Gasteiger charge is -2.81. The highest BCUT2D eigenvalue weighted by atomic mass is 35.5. The van der Waals surface area contributed by atoms with Gasteiger partial charge in [-0.1, -0.05) is 18.0 Å². The zero-order valence-corrected chi connectivity index (χ0v) is 20.7. The molecule has 1 amide bonds. The van der Waals surface area contributed by atoms with Crippen molar-refractivity contribution in [3.05, 3.63) is 46.2 Å². The number of halogens is 3. The van der Waals surface area contributed by atoms with Crippen molar-refractivity contribution >= 4 is 35.1 Å². The molecule has 1 spiro atoms. The monoisotopic (exact) mass is 523 g/mol. The zero-order chi connectivity index (χ0) is 24.5. The third kappa shape index (κ3) is 3.28. The van der Waals surface area contributed by atoms with Crippen LogP contribution in [0, 0.1) is 28.9 Å².